The molecule has 0 saturated carbocycles. The molecule has 0 fully saturated rings. The van der Waals surface area contributed by atoms with Gasteiger partial charge in [-0.25, -0.2) is 0 Å². The van der Waals surface area contributed by atoms with Gasteiger partial charge in [0.15, 0.2) is 0 Å². The summed E-state index contributed by atoms with van der Waals surface area (Å²) >= 11 is 0. The van der Waals surface area contributed by atoms with Crippen molar-refractivity contribution in [3.05, 3.63) is 191 Å². The van der Waals surface area contributed by atoms with Gasteiger partial charge in [0, 0.05) is 24.9 Å². The molecule has 2 aliphatic heterocycles. The number of hydrogen-bond donors (Lipinski definition) is 0. The van der Waals surface area contributed by atoms with Crippen molar-refractivity contribution in [3.63, 3.8) is 0 Å². The molecule has 18 nitrogen and oxygen atoms in total. The van der Waals surface area contributed by atoms with E-state index < -0.39 is 0 Å². The Hall–Kier alpha value is -7.35. The van der Waals surface area contributed by atoms with Crippen LogP contribution in [0, 0.1) is 0 Å². The molecule has 4 aromatic carbocycles. The summed E-state index contributed by atoms with van der Waals surface area (Å²) in [5.74, 6) is 2.77. The van der Waals surface area contributed by atoms with E-state index in [0.29, 0.717) is 129 Å². The number of nitrogens with zero attached hydrogens (tertiary/aromatic N) is 8. The third kappa shape index (κ3) is 19.8. The minimum atomic E-state index is -0.326. The number of ether oxygens (including phenoxy) is 10. The fourth-order valence-electron chi connectivity index (χ4n) is 10.3. The van der Waals surface area contributed by atoms with Gasteiger partial charge in [0.1, 0.15) is 72.2 Å². The first-order valence-corrected chi connectivity index (χ1v) is 30.5. The molecule has 8 aromatic rings. The van der Waals surface area contributed by atoms with Gasteiger partial charge in [-0.15, -0.1) is 22.8 Å². The molecule has 0 amide bonds. The van der Waals surface area contributed by atoms with Gasteiger partial charge < -0.3 is 67.3 Å². The van der Waals surface area contributed by atoms with Crippen LogP contribution in [0.1, 0.15) is 98.9 Å². The number of benzene rings is 4. The van der Waals surface area contributed by atoms with Gasteiger partial charge in [-0.3, -0.25) is 20.0 Å². The summed E-state index contributed by atoms with van der Waals surface area (Å²) in [4.78, 5) is 38.7. The van der Waals surface area contributed by atoms with Gasteiger partial charge in [0.05, 0.1) is 79.3 Å². The number of hydrogen-bond acceptors (Lipinski definition) is 14. The van der Waals surface area contributed by atoms with Crippen LogP contribution in [0.25, 0.3) is 0 Å². The van der Waals surface area contributed by atoms with E-state index in [4.69, 9.17) is 87.3 Å². The van der Waals surface area contributed by atoms with Crippen LogP contribution in [-0.2, 0) is 72.8 Å². The van der Waals surface area contributed by atoms with Gasteiger partial charge in [-0.2, -0.15) is 22.8 Å². The van der Waals surface area contributed by atoms with Crippen LogP contribution < -0.4 is 38.9 Å². The molecule has 0 N–H and O–H groups in total. The summed E-state index contributed by atoms with van der Waals surface area (Å²) in [6, 6.07) is 47.1. The predicted molar refractivity (Wildman–Crippen MR) is 343 cm³/mol. The summed E-state index contributed by atoms with van der Waals surface area (Å²) < 4.78 is 57.6. The summed E-state index contributed by atoms with van der Waals surface area (Å²) in [6.45, 7) is 16.0. The fourth-order valence-corrected chi connectivity index (χ4v) is 10.3. The molecule has 2 radical (unpaired) electrons. The Morgan fingerprint density at radius 3 is 0.689 bits per heavy atom. The number of rotatable bonds is 4. The fraction of sp³-hybridized carbons (Fsp3) is 0.371. The monoisotopic (exact) mass is 1310 g/mol. The SMILES string of the molecule is CCC1(CC)c2ccc([n-]2)C=Nc2ccccc2OCCOCCOCCOCCOc2ccccc2N=Cc2ccc1[n-]2.CCC1(CC)c2ccc([n-]2)C=Nc2ccccc2OCCOCCOCCOCCOc2ccccc2N=Cc2ccc1[n-]2.[Co+2].[Co+2]. The number of para-hydroxylation sites is 8. The van der Waals surface area contributed by atoms with Crippen molar-refractivity contribution in [2.45, 2.75) is 64.2 Å². The van der Waals surface area contributed by atoms with Crippen molar-refractivity contribution in [1.82, 2.24) is 19.9 Å². The molecule has 0 aliphatic carbocycles. The molecular weight excluding hydrogens is 1230 g/mol. The van der Waals surface area contributed by atoms with E-state index in [1.54, 1.807) is 24.9 Å². The van der Waals surface area contributed by atoms with Crippen molar-refractivity contribution >= 4 is 47.6 Å². The topological polar surface area (TPSA) is 198 Å². The molecule has 0 atom stereocenters. The molecule has 0 saturated heterocycles. The van der Waals surface area contributed by atoms with Crippen LogP contribution >= 0.6 is 0 Å². The van der Waals surface area contributed by atoms with Crippen LogP contribution in [0.2, 0.25) is 0 Å². The Bertz CT molecular complexity index is 3030. The molecule has 10 rings (SSSR count). The van der Waals surface area contributed by atoms with Crippen LogP contribution in [0.5, 0.6) is 23.0 Å². The second-order valence-electron chi connectivity index (χ2n) is 20.6. The van der Waals surface area contributed by atoms with Crippen LogP contribution in [0.15, 0.2) is 166 Å². The molecule has 2 aliphatic rings. The third-order valence-corrected chi connectivity index (χ3v) is 15.3. The molecule has 0 spiro atoms. The van der Waals surface area contributed by atoms with Crippen molar-refractivity contribution in [2.24, 2.45) is 20.0 Å². The van der Waals surface area contributed by atoms with E-state index in [1.165, 1.54) is 0 Å². The Labute approximate surface area is 549 Å². The maximum atomic E-state index is 5.96. The number of aromatic nitrogens is 4. The third-order valence-electron chi connectivity index (χ3n) is 15.3. The van der Waals surface area contributed by atoms with E-state index in [9.17, 15) is 0 Å². The summed E-state index contributed by atoms with van der Waals surface area (Å²) in [5, 5.41) is 0. The van der Waals surface area contributed by atoms with Gasteiger partial charge in [-0.1, -0.05) is 125 Å². The van der Waals surface area contributed by atoms with Crippen molar-refractivity contribution < 1.29 is 80.9 Å². The Morgan fingerprint density at radius 2 is 0.478 bits per heavy atom. The van der Waals surface area contributed by atoms with E-state index in [0.717, 1.165) is 94.0 Å². The van der Waals surface area contributed by atoms with E-state index in [-0.39, 0.29) is 44.4 Å². The molecule has 478 valence electrons. The standard InChI is InChI=1S/2C35H40N4O5.2Co/c2*1-3-35(4-2)33-15-13-27(38-33)25-36-29-9-5-7-11-31(29)43-23-21-41-19-17-40-18-20-42-22-24-44-32-12-8-6-10-30(32)37-26-28-14-16-34(35)39-28;;/h2*5-16,25-26H,3-4,17-24H2,1-2H3;;/q2*-2;2*+2. The second-order valence-corrected chi connectivity index (χ2v) is 20.6. The van der Waals surface area contributed by atoms with Gasteiger partial charge in [0.25, 0.3) is 0 Å². The zero-order chi connectivity index (χ0) is 60.9. The largest absolute Gasteiger partial charge is 2.00 e. The van der Waals surface area contributed by atoms with Crippen molar-refractivity contribution in [1.29, 1.82) is 0 Å². The van der Waals surface area contributed by atoms with Gasteiger partial charge in [-0.05, 0) is 85.0 Å². The molecule has 90 heavy (non-hydrogen) atoms. The summed E-state index contributed by atoms with van der Waals surface area (Å²) in [6.07, 6.45) is 10.5. The number of aliphatic imine (C=N–C) groups is 4. The van der Waals surface area contributed by atoms with Crippen LogP contribution in [-0.4, -0.2) is 131 Å². The average Bonchev–Trinajstić information content (AvgIpc) is 2.05. The summed E-state index contributed by atoms with van der Waals surface area (Å²) in [5.41, 5.74) is 9.34. The maximum absolute atomic E-state index is 5.96. The molecule has 0 unspecified atom stereocenters. The van der Waals surface area contributed by atoms with Crippen molar-refractivity contribution in [2.75, 3.05) is 106 Å². The first-order chi connectivity index (χ1) is 43.4. The second kappa shape index (κ2) is 37.7. The van der Waals surface area contributed by atoms with E-state index in [2.05, 4.69) is 52.0 Å². The zero-order valence-corrected chi connectivity index (χ0v) is 53.7. The predicted octanol–water partition coefficient (Wildman–Crippen LogP) is 12.1. The maximum Gasteiger partial charge on any atom is 2.00 e. The molecule has 20 heteroatoms. The molecule has 6 heterocycles. The van der Waals surface area contributed by atoms with E-state index in [1.807, 2.05) is 121 Å². The van der Waals surface area contributed by atoms with Gasteiger partial charge in [0.2, 0.25) is 0 Å². The molecule has 8 bridgehead atoms. The first-order valence-electron chi connectivity index (χ1n) is 30.5. The Morgan fingerprint density at radius 1 is 0.278 bits per heavy atom. The Balaban J connectivity index is 0.000000250. The summed E-state index contributed by atoms with van der Waals surface area (Å²) in [7, 11) is 0. The smallest absolute Gasteiger partial charge is 0.659 e. The Kier molecular flexibility index (Phi) is 29.4. The van der Waals surface area contributed by atoms with Crippen LogP contribution in [0.4, 0.5) is 22.7 Å². The molecular formula is C70H80Co2N8O10. The normalized spacial score (nSPS) is 16.5. The molecule has 4 aromatic heterocycles. The van der Waals surface area contributed by atoms with Crippen molar-refractivity contribution in [3.8, 4) is 23.0 Å². The minimum Gasteiger partial charge on any atom is -0.659 e. The first kappa shape index (κ1) is 70.1. The minimum absolute atomic E-state index is 0. The quantitative estimate of drug-likeness (QED) is 0.161. The number of fused-ring (bicyclic) bond motifs is 12. The van der Waals surface area contributed by atoms with Gasteiger partial charge >= 0.3 is 33.6 Å². The average molecular weight is 1310 g/mol. The van der Waals surface area contributed by atoms with Crippen LogP contribution in [0.3, 0.4) is 0 Å². The van der Waals surface area contributed by atoms with E-state index >= 15 is 0 Å². The zero-order valence-electron chi connectivity index (χ0n) is 51.6.